The minimum absolute atomic E-state index is 0.313. The Morgan fingerprint density at radius 2 is 2.08 bits per heavy atom. The maximum Gasteiger partial charge on any atom is 0.0558 e. The molecular weight excluding hydrogens is 164 g/mol. The molecular formula is C10H20N2O. The number of rotatable bonds is 6. The van der Waals surface area contributed by atoms with E-state index >= 15 is 0 Å². The average Bonchev–Trinajstić information content (AvgIpc) is 2.83. The van der Waals surface area contributed by atoms with Gasteiger partial charge in [-0.05, 0) is 31.7 Å². The van der Waals surface area contributed by atoms with Crippen molar-refractivity contribution in [3.05, 3.63) is 0 Å². The van der Waals surface area contributed by atoms with Crippen LogP contribution < -0.4 is 5.32 Å². The molecule has 1 saturated carbocycles. The highest BCUT2D eigenvalue weighted by Crippen LogP contribution is 2.21. The van der Waals surface area contributed by atoms with Crippen LogP contribution in [0.25, 0.3) is 0 Å². The van der Waals surface area contributed by atoms with E-state index in [1.54, 1.807) is 0 Å². The van der Waals surface area contributed by atoms with Gasteiger partial charge in [0, 0.05) is 25.7 Å². The molecule has 2 fully saturated rings. The summed E-state index contributed by atoms with van der Waals surface area (Å²) in [6, 6.07) is 0.855. The van der Waals surface area contributed by atoms with Gasteiger partial charge in [0.05, 0.1) is 6.61 Å². The first kappa shape index (κ1) is 9.44. The standard InChI is InChI=1S/C10H20N2O/c13-6-5-12-7-9(8-12)3-4-11-10-1-2-10/h9-11,13H,1-8H2. The number of nitrogens with one attached hydrogen (secondary N) is 1. The monoisotopic (exact) mass is 184 g/mol. The highest BCUT2D eigenvalue weighted by atomic mass is 16.3. The van der Waals surface area contributed by atoms with E-state index < -0.39 is 0 Å². The normalized spacial score (nSPS) is 24.7. The Bertz CT molecular complexity index is 153. The second kappa shape index (κ2) is 4.40. The molecule has 0 atom stereocenters. The molecule has 2 aliphatic rings. The summed E-state index contributed by atoms with van der Waals surface area (Å²) in [4.78, 5) is 2.32. The van der Waals surface area contributed by atoms with Crippen molar-refractivity contribution in [1.29, 1.82) is 0 Å². The topological polar surface area (TPSA) is 35.5 Å². The van der Waals surface area contributed by atoms with E-state index in [2.05, 4.69) is 10.2 Å². The summed E-state index contributed by atoms with van der Waals surface area (Å²) in [6.45, 7) is 4.78. The van der Waals surface area contributed by atoms with Crippen molar-refractivity contribution in [2.24, 2.45) is 5.92 Å². The van der Waals surface area contributed by atoms with E-state index in [0.717, 1.165) is 18.5 Å². The number of aliphatic hydroxyl groups is 1. The molecule has 1 heterocycles. The Labute approximate surface area is 80.1 Å². The van der Waals surface area contributed by atoms with E-state index in [1.807, 2.05) is 0 Å². The zero-order chi connectivity index (χ0) is 9.10. The van der Waals surface area contributed by atoms with Crippen LogP contribution >= 0.6 is 0 Å². The molecule has 13 heavy (non-hydrogen) atoms. The molecule has 76 valence electrons. The summed E-state index contributed by atoms with van der Waals surface area (Å²) >= 11 is 0. The summed E-state index contributed by atoms with van der Waals surface area (Å²) in [6.07, 6.45) is 4.10. The predicted octanol–water partition coefficient (Wildman–Crippen LogP) is 0.0526. The Morgan fingerprint density at radius 3 is 2.69 bits per heavy atom. The van der Waals surface area contributed by atoms with Crippen molar-refractivity contribution in [2.45, 2.75) is 25.3 Å². The van der Waals surface area contributed by atoms with Crippen LogP contribution in [0.2, 0.25) is 0 Å². The quantitative estimate of drug-likeness (QED) is 0.612. The molecule has 1 aliphatic carbocycles. The molecule has 2 N–H and O–H groups in total. The number of nitrogens with zero attached hydrogens (tertiary/aromatic N) is 1. The summed E-state index contributed by atoms with van der Waals surface area (Å²) in [5.41, 5.74) is 0. The first-order valence-corrected chi connectivity index (χ1v) is 5.45. The van der Waals surface area contributed by atoms with E-state index in [9.17, 15) is 0 Å². The number of aliphatic hydroxyl groups excluding tert-OH is 1. The van der Waals surface area contributed by atoms with Crippen molar-refractivity contribution >= 4 is 0 Å². The lowest BCUT2D eigenvalue weighted by atomic mass is 9.96. The molecule has 0 bridgehead atoms. The molecule has 0 unspecified atom stereocenters. The Balaban J connectivity index is 1.44. The van der Waals surface area contributed by atoms with E-state index in [4.69, 9.17) is 5.11 Å². The average molecular weight is 184 g/mol. The van der Waals surface area contributed by atoms with Crippen LogP contribution in [-0.4, -0.2) is 48.8 Å². The summed E-state index contributed by atoms with van der Waals surface area (Å²) in [5, 5.41) is 12.2. The van der Waals surface area contributed by atoms with Gasteiger partial charge in [-0.1, -0.05) is 0 Å². The van der Waals surface area contributed by atoms with Crippen molar-refractivity contribution < 1.29 is 5.11 Å². The molecule has 0 spiro atoms. The summed E-state index contributed by atoms with van der Waals surface area (Å²) in [5.74, 6) is 0.887. The maximum absolute atomic E-state index is 8.69. The van der Waals surface area contributed by atoms with Gasteiger partial charge < -0.3 is 15.3 Å². The fraction of sp³-hybridized carbons (Fsp3) is 1.00. The molecule has 0 aromatic heterocycles. The highest BCUT2D eigenvalue weighted by molar-refractivity contribution is 4.83. The van der Waals surface area contributed by atoms with Crippen LogP contribution in [0.1, 0.15) is 19.3 Å². The zero-order valence-corrected chi connectivity index (χ0v) is 8.21. The Morgan fingerprint density at radius 1 is 1.31 bits per heavy atom. The largest absolute Gasteiger partial charge is 0.395 e. The zero-order valence-electron chi connectivity index (χ0n) is 8.21. The van der Waals surface area contributed by atoms with Crippen LogP contribution in [0.15, 0.2) is 0 Å². The first-order chi connectivity index (χ1) is 6.38. The van der Waals surface area contributed by atoms with Crippen LogP contribution in [0.4, 0.5) is 0 Å². The van der Waals surface area contributed by atoms with Gasteiger partial charge in [0.25, 0.3) is 0 Å². The van der Waals surface area contributed by atoms with Crippen molar-refractivity contribution in [1.82, 2.24) is 10.2 Å². The number of hydrogen-bond donors (Lipinski definition) is 2. The number of β-amino-alcohol motifs (C(OH)–C–C–N with tert-alkyl or cyclic N) is 1. The van der Waals surface area contributed by atoms with Gasteiger partial charge in [0.15, 0.2) is 0 Å². The molecule has 2 rings (SSSR count). The van der Waals surface area contributed by atoms with Gasteiger partial charge in [-0.3, -0.25) is 0 Å². The number of hydrogen-bond acceptors (Lipinski definition) is 3. The van der Waals surface area contributed by atoms with E-state index in [0.29, 0.717) is 6.61 Å². The second-order valence-electron chi connectivity index (χ2n) is 4.37. The minimum Gasteiger partial charge on any atom is -0.395 e. The summed E-state index contributed by atoms with van der Waals surface area (Å²) < 4.78 is 0. The lowest BCUT2D eigenvalue weighted by molar-refractivity contribution is 0.0734. The van der Waals surface area contributed by atoms with Gasteiger partial charge in [-0.15, -0.1) is 0 Å². The summed E-state index contributed by atoms with van der Waals surface area (Å²) in [7, 11) is 0. The SMILES string of the molecule is OCCN1CC(CCNC2CC2)C1. The highest BCUT2D eigenvalue weighted by Gasteiger charge is 2.26. The van der Waals surface area contributed by atoms with E-state index in [1.165, 1.54) is 38.9 Å². The maximum atomic E-state index is 8.69. The van der Waals surface area contributed by atoms with Crippen molar-refractivity contribution in [3.8, 4) is 0 Å². The second-order valence-corrected chi connectivity index (χ2v) is 4.37. The molecule has 0 aromatic carbocycles. The third-order valence-electron chi connectivity index (χ3n) is 3.01. The molecule has 1 saturated heterocycles. The molecule has 3 nitrogen and oxygen atoms in total. The van der Waals surface area contributed by atoms with Gasteiger partial charge in [-0.25, -0.2) is 0 Å². The lowest BCUT2D eigenvalue weighted by Gasteiger charge is -2.39. The van der Waals surface area contributed by atoms with Crippen molar-refractivity contribution in [3.63, 3.8) is 0 Å². The third kappa shape index (κ3) is 2.93. The van der Waals surface area contributed by atoms with Crippen LogP contribution in [0.3, 0.4) is 0 Å². The minimum atomic E-state index is 0.313. The van der Waals surface area contributed by atoms with Crippen LogP contribution in [-0.2, 0) is 0 Å². The van der Waals surface area contributed by atoms with Gasteiger partial charge >= 0.3 is 0 Å². The third-order valence-corrected chi connectivity index (χ3v) is 3.01. The number of likely N-dealkylation sites (tertiary alicyclic amines) is 1. The lowest BCUT2D eigenvalue weighted by Crippen LogP contribution is -2.48. The fourth-order valence-electron chi connectivity index (χ4n) is 1.96. The van der Waals surface area contributed by atoms with Crippen LogP contribution in [0.5, 0.6) is 0 Å². The molecule has 0 radical (unpaired) electrons. The first-order valence-electron chi connectivity index (χ1n) is 5.45. The molecule has 1 aliphatic heterocycles. The molecule has 0 amide bonds. The molecule has 3 heteroatoms. The van der Waals surface area contributed by atoms with Gasteiger partial charge in [0.2, 0.25) is 0 Å². The molecule has 0 aromatic rings. The smallest absolute Gasteiger partial charge is 0.0558 e. The Kier molecular flexibility index (Phi) is 3.19. The van der Waals surface area contributed by atoms with Crippen molar-refractivity contribution in [2.75, 3.05) is 32.8 Å². The fourth-order valence-corrected chi connectivity index (χ4v) is 1.96. The van der Waals surface area contributed by atoms with Crippen LogP contribution in [0, 0.1) is 5.92 Å². The predicted molar refractivity (Wildman–Crippen MR) is 52.7 cm³/mol. The van der Waals surface area contributed by atoms with Gasteiger partial charge in [-0.2, -0.15) is 0 Å². The Hall–Kier alpha value is -0.120. The van der Waals surface area contributed by atoms with E-state index in [-0.39, 0.29) is 0 Å². The van der Waals surface area contributed by atoms with Gasteiger partial charge in [0.1, 0.15) is 0 Å².